The van der Waals surface area contributed by atoms with Crippen LogP contribution in [-0.2, 0) is 11.8 Å². The molecule has 0 bridgehead atoms. The van der Waals surface area contributed by atoms with Gasteiger partial charge in [-0.05, 0) is 25.3 Å². The maximum Gasteiger partial charge on any atom is 0.161 e. The number of rotatable bonds is 6. The van der Waals surface area contributed by atoms with E-state index in [4.69, 9.17) is 9.47 Å². The van der Waals surface area contributed by atoms with E-state index in [9.17, 15) is 0 Å². The van der Waals surface area contributed by atoms with Crippen molar-refractivity contribution in [3.63, 3.8) is 0 Å². The lowest BCUT2D eigenvalue weighted by molar-refractivity contribution is 0.181. The molecule has 2 heterocycles. The van der Waals surface area contributed by atoms with Gasteiger partial charge in [0.1, 0.15) is 0 Å². The minimum atomic E-state index is 0.282. The summed E-state index contributed by atoms with van der Waals surface area (Å²) in [5, 5.41) is 7.82. The Hall–Kier alpha value is -1.07. The van der Waals surface area contributed by atoms with Crippen molar-refractivity contribution in [1.29, 1.82) is 0 Å². The topological polar surface area (TPSA) is 48.3 Å². The van der Waals surface area contributed by atoms with Crippen LogP contribution in [0.3, 0.4) is 0 Å². The Bertz CT molecular complexity index is 372. The molecule has 1 aromatic rings. The van der Waals surface area contributed by atoms with E-state index in [2.05, 4.69) is 17.3 Å². The predicted octanol–water partition coefficient (Wildman–Crippen LogP) is 1.51. The third kappa shape index (κ3) is 2.84. The number of nitrogens with one attached hydrogen (secondary N) is 1. The lowest BCUT2D eigenvalue weighted by Crippen LogP contribution is -2.26. The van der Waals surface area contributed by atoms with E-state index in [1.165, 1.54) is 0 Å². The maximum absolute atomic E-state index is 5.46. The normalized spacial score (nSPS) is 21.2. The van der Waals surface area contributed by atoms with E-state index in [-0.39, 0.29) is 6.04 Å². The number of hydrogen-bond donors (Lipinski definition) is 1. The van der Waals surface area contributed by atoms with Gasteiger partial charge in [0.2, 0.25) is 0 Å². The predicted molar refractivity (Wildman–Crippen MR) is 69.7 cm³/mol. The highest BCUT2D eigenvalue weighted by molar-refractivity contribution is 5.28. The van der Waals surface area contributed by atoms with Crippen molar-refractivity contribution in [3.05, 3.63) is 11.9 Å². The fourth-order valence-electron chi connectivity index (χ4n) is 2.62. The molecule has 0 aromatic carbocycles. The van der Waals surface area contributed by atoms with Gasteiger partial charge < -0.3 is 14.8 Å². The van der Waals surface area contributed by atoms with E-state index in [0.717, 1.165) is 44.0 Å². The standard InChI is InChI=1S/C13H23N3O2/c1-4-14-11(7-10-5-6-18-9-10)13-12(17-3)8-15-16(13)2/h8,10-11,14H,4-7,9H2,1-3H3. The second-order valence-corrected chi connectivity index (χ2v) is 4.80. The van der Waals surface area contributed by atoms with Gasteiger partial charge in [0, 0.05) is 20.3 Å². The Kier molecular flexibility index (Phi) is 4.60. The lowest BCUT2D eigenvalue weighted by Gasteiger charge is -2.22. The van der Waals surface area contributed by atoms with Crippen molar-refractivity contribution in [2.75, 3.05) is 26.9 Å². The van der Waals surface area contributed by atoms with Crippen LogP contribution in [0, 0.1) is 5.92 Å². The summed E-state index contributed by atoms with van der Waals surface area (Å²) in [7, 11) is 3.66. The summed E-state index contributed by atoms with van der Waals surface area (Å²) < 4.78 is 12.8. The molecule has 18 heavy (non-hydrogen) atoms. The summed E-state index contributed by atoms with van der Waals surface area (Å²) in [6.07, 6.45) is 4.01. The van der Waals surface area contributed by atoms with Gasteiger partial charge in [0.05, 0.1) is 25.0 Å². The number of nitrogens with zero attached hydrogens (tertiary/aromatic N) is 2. The number of hydrogen-bond acceptors (Lipinski definition) is 4. The summed E-state index contributed by atoms with van der Waals surface area (Å²) >= 11 is 0. The Morgan fingerprint density at radius 2 is 2.50 bits per heavy atom. The van der Waals surface area contributed by atoms with Crippen LogP contribution in [0.15, 0.2) is 6.20 Å². The van der Waals surface area contributed by atoms with E-state index >= 15 is 0 Å². The molecule has 2 atom stereocenters. The molecule has 0 saturated carbocycles. The highest BCUT2D eigenvalue weighted by atomic mass is 16.5. The number of aryl methyl sites for hydroxylation is 1. The Labute approximate surface area is 108 Å². The first-order valence-electron chi connectivity index (χ1n) is 6.63. The van der Waals surface area contributed by atoms with Gasteiger partial charge in [0.25, 0.3) is 0 Å². The maximum atomic E-state index is 5.46. The highest BCUT2D eigenvalue weighted by Crippen LogP contribution is 2.31. The molecule has 2 rings (SSSR count). The number of methoxy groups -OCH3 is 1. The van der Waals surface area contributed by atoms with Crippen LogP contribution in [0.2, 0.25) is 0 Å². The average molecular weight is 253 g/mol. The monoisotopic (exact) mass is 253 g/mol. The zero-order valence-corrected chi connectivity index (χ0v) is 11.5. The minimum Gasteiger partial charge on any atom is -0.493 e. The molecular weight excluding hydrogens is 230 g/mol. The molecule has 0 spiro atoms. The molecular formula is C13H23N3O2. The van der Waals surface area contributed by atoms with E-state index in [0.29, 0.717) is 5.92 Å². The first-order valence-corrected chi connectivity index (χ1v) is 6.63. The van der Waals surface area contributed by atoms with E-state index in [1.807, 2.05) is 11.7 Å². The smallest absolute Gasteiger partial charge is 0.161 e. The van der Waals surface area contributed by atoms with Crippen LogP contribution in [0.25, 0.3) is 0 Å². The molecule has 5 nitrogen and oxygen atoms in total. The molecule has 5 heteroatoms. The molecule has 1 aliphatic rings. The van der Waals surface area contributed by atoms with Crippen LogP contribution < -0.4 is 10.1 Å². The van der Waals surface area contributed by atoms with Gasteiger partial charge in [-0.3, -0.25) is 4.68 Å². The Balaban J connectivity index is 2.14. The summed E-state index contributed by atoms with van der Waals surface area (Å²) in [5.74, 6) is 1.50. The second-order valence-electron chi connectivity index (χ2n) is 4.80. The van der Waals surface area contributed by atoms with E-state index in [1.54, 1.807) is 13.3 Å². The Morgan fingerprint density at radius 1 is 1.67 bits per heavy atom. The number of aromatic nitrogens is 2. The molecule has 1 aliphatic heterocycles. The van der Waals surface area contributed by atoms with Crippen LogP contribution in [0.5, 0.6) is 5.75 Å². The summed E-state index contributed by atoms with van der Waals surface area (Å²) in [4.78, 5) is 0. The number of ether oxygens (including phenoxy) is 2. The summed E-state index contributed by atoms with van der Waals surface area (Å²) in [6.45, 7) is 4.83. The highest BCUT2D eigenvalue weighted by Gasteiger charge is 2.25. The molecule has 1 N–H and O–H groups in total. The van der Waals surface area contributed by atoms with Gasteiger partial charge >= 0.3 is 0 Å². The summed E-state index contributed by atoms with van der Waals surface area (Å²) in [5.41, 5.74) is 1.13. The molecule has 102 valence electrons. The third-order valence-electron chi connectivity index (χ3n) is 3.54. The fourth-order valence-corrected chi connectivity index (χ4v) is 2.62. The SMILES string of the molecule is CCNC(CC1CCOC1)c1c(OC)cnn1C. The van der Waals surface area contributed by atoms with Gasteiger partial charge in [0.15, 0.2) is 5.75 Å². The van der Waals surface area contributed by atoms with Crippen LogP contribution in [0.4, 0.5) is 0 Å². The molecule has 1 fully saturated rings. The van der Waals surface area contributed by atoms with Gasteiger partial charge in [-0.15, -0.1) is 0 Å². The van der Waals surface area contributed by atoms with Gasteiger partial charge in [-0.2, -0.15) is 5.10 Å². The van der Waals surface area contributed by atoms with Gasteiger partial charge in [-0.1, -0.05) is 6.92 Å². The molecule has 0 radical (unpaired) electrons. The van der Waals surface area contributed by atoms with Gasteiger partial charge in [-0.25, -0.2) is 0 Å². The summed E-state index contributed by atoms with van der Waals surface area (Å²) in [6, 6.07) is 0.282. The second kappa shape index (κ2) is 6.20. The zero-order chi connectivity index (χ0) is 13.0. The largest absolute Gasteiger partial charge is 0.493 e. The Morgan fingerprint density at radius 3 is 3.11 bits per heavy atom. The van der Waals surface area contributed by atoms with Crippen molar-refractivity contribution in [1.82, 2.24) is 15.1 Å². The molecule has 1 saturated heterocycles. The fraction of sp³-hybridized carbons (Fsp3) is 0.769. The molecule has 1 aromatic heterocycles. The lowest BCUT2D eigenvalue weighted by atomic mass is 9.96. The van der Waals surface area contributed by atoms with Crippen LogP contribution in [-0.4, -0.2) is 36.6 Å². The minimum absolute atomic E-state index is 0.282. The van der Waals surface area contributed by atoms with E-state index < -0.39 is 0 Å². The third-order valence-corrected chi connectivity index (χ3v) is 3.54. The molecule has 0 aliphatic carbocycles. The average Bonchev–Trinajstić information content (AvgIpc) is 2.98. The van der Waals surface area contributed by atoms with Crippen LogP contribution in [0.1, 0.15) is 31.5 Å². The quantitative estimate of drug-likeness (QED) is 0.835. The van der Waals surface area contributed by atoms with Crippen molar-refractivity contribution in [3.8, 4) is 5.75 Å². The first-order chi connectivity index (χ1) is 8.76. The van der Waals surface area contributed by atoms with Crippen LogP contribution >= 0.6 is 0 Å². The molecule has 0 amide bonds. The van der Waals surface area contributed by atoms with Crippen molar-refractivity contribution < 1.29 is 9.47 Å². The first kappa shape index (κ1) is 13.4. The van der Waals surface area contributed by atoms with Crippen molar-refractivity contribution in [2.45, 2.75) is 25.8 Å². The zero-order valence-electron chi connectivity index (χ0n) is 11.5. The van der Waals surface area contributed by atoms with Crippen molar-refractivity contribution >= 4 is 0 Å². The molecule has 2 unspecified atom stereocenters. The van der Waals surface area contributed by atoms with Crippen molar-refractivity contribution in [2.24, 2.45) is 13.0 Å².